The Morgan fingerprint density at radius 2 is 1.42 bits per heavy atom. The third kappa shape index (κ3) is 7.33. The zero-order valence-corrected chi connectivity index (χ0v) is 20.0. The molecule has 8 heteroatoms. The fourth-order valence-electron chi connectivity index (χ4n) is 3.65. The van der Waals surface area contributed by atoms with E-state index in [4.69, 9.17) is 14.6 Å². The molecule has 1 unspecified atom stereocenters. The van der Waals surface area contributed by atoms with Gasteiger partial charge in [-0.05, 0) is 67.3 Å². The molecule has 0 aliphatic rings. The van der Waals surface area contributed by atoms with Gasteiger partial charge in [-0.25, -0.2) is 9.59 Å². The van der Waals surface area contributed by atoms with Crippen LogP contribution in [0, 0.1) is 0 Å². The van der Waals surface area contributed by atoms with Crippen LogP contribution in [0.1, 0.15) is 58.4 Å². The van der Waals surface area contributed by atoms with Crippen molar-refractivity contribution in [1.82, 2.24) is 0 Å². The molecule has 0 bridgehead atoms. The summed E-state index contributed by atoms with van der Waals surface area (Å²) in [5, 5.41) is 21.2. The van der Waals surface area contributed by atoms with E-state index in [-0.39, 0.29) is 22.7 Å². The number of ether oxygens (including phenoxy) is 2. The zero-order chi connectivity index (χ0) is 25.9. The minimum atomic E-state index is -1.32. The minimum absolute atomic E-state index is 0.0483. The van der Waals surface area contributed by atoms with Crippen LogP contribution in [0.2, 0.25) is 0 Å². The Balaban J connectivity index is 1.52. The number of carboxylic acids is 2. The van der Waals surface area contributed by atoms with Crippen molar-refractivity contribution in [2.75, 3.05) is 18.5 Å². The fraction of sp³-hybridized carbons (Fsp3) is 0.250. The molecule has 8 nitrogen and oxygen atoms in total. The molecule has 188 valence electrons. The normalized spacial score (nSPS) is 11.4. The second-order valence-electron chi connectivity index (χ2n) is 8.11. The predicted octanol–water partition coefficient (Wildman–Crippen LogP) is 5.45. The van der Waals surface area contributed by atoms with Crippen LogP contribution in [0.15, 0.2) is 72.8 Å². The Labute approximate surface area is 209 Å². The molecule has 0 aliphatic carbocycles. The van der Waals surface area contributed by atoms with Gasteiger partial charge in [-0.1, -0.05) is 37.3 Å². The Hall–Kier alpha value is -4.33. The van der Waals surface area contributed by atoms with Crippen LogP contribution in [-0.2, 0) is 4.79 Å². The van der Waals surface area contributed by atoms with E-state index < -0.39 is 17.9 Å². The van der Waals surface area contributed by atoms with Gasteiger partial charge in [0, 0.05) is 0 Å². The van der Waals surface area contributed by atoms with Gasteiger partial charge in [0.2, 0.25) is 5.91 Å². The summed E-state index contributed by atoms with van der Waals surface area (Å²) in [6.07, 6.45) is 2.18. The monoisotopic (exact) mass is 491 g/mol. The number of benzene rings is 3. The van der Waals surface area contributed by atoms with Crippen LogP contribution < -0.4 is 14.8 Å². The van der Waals surface area contributed by atoms with E-state index in [2.05, 4.69) is 5.32 Å². The number of carbonyl (C=O) groups is 3. The molecular formula is C28H29NO7. The highest BCUT2D eigenvalue weighted by Crippen LogP contribution is 2.26. The lowest BCUT2D eigenvalue weighted by Gasteiger charge is -2.17. The summed E-state index contributed by atoms with van der Waals surface area (Å²) < 4.78 is 11.4. The number of anilines is 1. The minimum Gasteiger partial charge on any atom is -0.494 e. The SMILES string of the molecule is CCC(C(=O)Nc1ccc(C(=O)O)cc1C(=O)O)c1ccc(OCCCCOc2ccccc2)cc1. The standard InChI is InChI=1S/C28H29NO7/c1-2-23(26(30)29-25-15-12-20(27(31)32)18-24(25)28(33)34)19-10-13-22(14-11-19)36-17-7-6-16-35-21-8-4-3-5-9-21/h3-5,8-15,18,23H,2,6-7,16-17H2,1H3,(H,29,30)(H,31,32)(H,33,34). The van der Waals surface area contributed by atoms with Crippen molar-refractivity contribution < 1.29 is 34.1 Å². The van der Waals surface area contributed by atoms with Crippen LogP contribution in [0.4, 0.5) is 5.69 Å². The zero-order valence-electron chi connectivity index (χ0n) is 20.0. The molecule has 0 spiro atoms. The van der Waals surface area contributed by atoms with Crippen LogP contribution in [0.3, 0.4) is 0 Å². The molecule has 0 saturated carbocycles. The molecule has 0 aliphatic heterocycles. The van der Waals surface area contributed by atoms with Gasteiger partial charge < -0.3 is 25.0 Å². The molecule has 0 aromatic heterocycles. The highest BCUT2D eigenvalue weighted by molar-refractivity contribution is 6.04. The number of hydrogen-bond donors (Lipinski definition) is 3. The first kappa shape index (κ1) is 26.3. The molecule has 3 aromatic rings. The van der Waals surface area contributed by atoms with E-state index in [1.165, 1.54) is 12.1 Å². The molecule has 1 atom stereocenters. The number of para-hydroxylation sites is 1. The summed E-state index contributed by atoms with van der Waals surface area (Å²) in [7, 11) is 0. The van der Waals surface area contributed by atoms with Gasteiger partial charge in [0.05, 0.1) is 35.9 Å². The topological polar surface area (TPSA) is 122 Å². The van der Waals surface area contributed by atoms with Crippen molar-refractivity contribution in [3.63, 3.8) is 0 Å². The average molecular weight is 492 g/mol. The van der Waals surface area contributed by atoms with E-state index in [1.54, 1.807) is 12.1 Å². The van der Waals surface area contributed by atoms with Crippen molar-refractivity contribution in [2.24, 2.45) is 0 Å². The number of amides is 1. The van der Waals surface area contributed by atoms with Gasteiger partial charge in [0.25, 0.3) is 0 Å². The molecule has 3 N–H and O–H groups in total. The van der Waals surface area contributed by atoms with Crippen molar-refractivity contribution in [1.29, 1.82) is 0 Å². The molecule has 36 heavy (non-hydrogen) atoms. The molecular weight excluding hydrogens is 462 g/mol. The third-order valence-electron chi connectivity index (χ3n) is 5.58. The van der Waals surface area contributed by atoms with Gasteiger partial charge in [0.15, 0.2) is 0 Å². The second-order valence-corrected chi connectivity index (χ2v) is 8.11. The largest absolute Gasteiger partial charge is 0.494 e. The number of aromatic carboxylic acids is 2. The third-order valence-corrected chi connectivity index (χ3v) is 5.58. The molecule has 3 rings (SSSR count). The van der Waals surface area contributed by atoms with E-state index in [9.17, 15) is 19.5 Å². The number of rotatable bonds is 13. The van der Waals surface area contributed by atoms with Gasteiger partial charge in [0.1, 0.15) is 11.5 Å². The van der Waals surface area contributed by atoms with Crippen LogP contribution in [0.5, 0.6) is 11.5 Å². The summed E-state index contributed by atoms with van der Waals surface area (Å²) >= 11 is 0. The quantitative estimate of drug-likeness (QED) is 0.272. The molecule has 3 aromatic carbocycles. The first-order valence-corrected chi connectivity index (χ1v) is 11.7. The molecule has 0 fully saturated rings. The van der Waals surface area contributed by atoms with E-state index >= 15 is 0 Å². The van der Waals surface area contributed by atoms with Crippen molar-refractivity contribution >= 4 is 23.5 Å². The summed E-state index contributed by atoms with van der Waals surface area (Å²) in [5.41, 5.74) is 0.359. The highest BCUT2D eigenvalue weighted by atomic mass is 16.5. The smallest absolute Gasteiger partial charge is 0.337 e. The Kier molecular flexibility index (Phi) is 9.45. The number of carboxylic acid groups (broad SMARTS) is 2. The van der Waals surface area contributed by atoms with E-state index in [0.717, 1.165) is 30.2 Å². The van der Waals surface area contributed by atoms with Gasteiger partial charge in [-0.15, -0.1) is 0 Å². The first-order chi connectivity index (χ1) is 17.4. The van der Waals surface area contributed by atoms with Crippen LogP contribution in [-0.4, -0.2) is 41.3 Å². The van der Waals surface area contributed by atoms with Crippen LogP contribution in [0.25, 0.3) is 0 Å². The molecule has 0 heterocycles. The summed E-state index contributed by atoms with van der Waals surface area (Å²) in [4.78, 5) is 35.6. The van der Waals surface area contributed by atoms with Gasteiger partial charge in [-0.3, -0.25) is 4.79 Å². The first-order valence-electron chi connectivity index (χ1n) is 11.7. The average Bonchev–Trinajstić information content (AvgIpc) is 2.88. The molecule has 0 radical (unpaired) electrons. The lowest BCUT2D eigenvalue weighted by atomic mass is 9.95. The second kappa shape index (κ2) is 12.9. The number of hydrogen-bond acceptors (Lipinski definition) is 5. The van der Waals surface area contributed by atoms with Gasteiger partial charge in [-0.2, -0.15) is 0 Å². The van der Waals surface area contributed by atoms with E-state index in [1.807, 2.05) is 49.4 Å². The number of unbranched alkanes of at least 4 members (excludes halogenated alkanes) is 1. The highest BCUT2D eigenvalue weighted by Gasteiger charge is 2.22. The Morgan fingerprint density at radius 1 is 0.806 bits per heavy atom. The molecule has 1 amide bonds. The fourth-order valence-corrected chi connectivity index (χ4v) is 3.65. The maximum absolute atomic E-state index is 12.9. The lowest BCUT2D eigenvalue weighted by molar-refractivity contribution is -0.117. The Morgan fingerprint density at radius 3 is 1.97 bits per heavy atom. The molecule has 0 saturated heterocycles. The maximum Gasteiger partial charge on any atom is 0.337 e. The Bertz CT molecular complexity index is 1180. The van der Waals surface area contributed by atoms with Crippen molar-refractivity contribution in [2.45, 2.75) is 32.1 Å². The van der Waals surface area contributed by atoms with Crippen molar-refractivity contribution in [3.05, 3.63) is 89.5 Å². The predicted molar refractivity (Wildman–Crippen MR) is 135 cm³/mol. The summed E-state index contributed by atoms with van der Waals surface area (Å²) in [5.74, 6) is -1.93. The summed E-state index contributed by atoms with van der Waals surface area (Å²) in [6.45, 7) is 3.01. The lowest BCUT2D eigenvalue weighted by Crippen LogP contribution is -2.22. The number of nitrogens with one attached hydrogen (secondary N) is 1. The number of carbonyl (C=O) groups excluding carboxylic acids is 1. The summed E-state index contributed by atoms with van der Waals surface area (Å²) in [6, 6.07) is 20.4. The van der Waals surface area contributed by atoms with Crippen molar-refractivity contribution in [3.8, 4) is 11.5 Å². The van der Waals surface area contributed by atoms with E-state index in [0.29, 0.717) is 25.4 Å². The maximum atomic E-state index is 12.9. The van der Waals surface area contributed by atoms with Crippen LogP contribution >= 0.6 is 0 Å². The van der Waals surface area contributed by atoms with Gasteiger partial charge >= 0.3 is 11.9 Å².